The summed E-state index contributed by atoms with van der Waals surface area (Å²) >= 11 is 0. The maximum atomic E-state index is 12.2. The maximum absolute atomic E-state index is 12.2. The fourth-order valence-corrected chi connectivity index (χ4v) is 2.94. The van der Waals surface area contributed by atoms with Gasteiger partial charge in [-0.05, 0) is 56.0 Å². The molecule has 130 valence electrons. The molecule has 2 aromatic rings. The summed E-state index contributed by atoms with van der Waals surface area (Å²) in [6, 6.07) is 11.9. The number of piperidine rings is 1. The van der Waals surface area contributed by atoms with E-state index in [9.17, 15) is 4.79 Å². The van der Waals surface area contributed by atoms with Crippen molar-refractivity contribution in [2.45, 2.75) is 26.2 Å². The molecule has 0 saturated carbocycles. The fraction of sp³-hybridized carbons (Fsp3) is 0.421. The van der Waals surface area contributed by atoms with Crippen molar-refractivity contribution in [3.05, 3.63) is 47.7 Å². The number of rotatable bonds is 5. The Labute approximate surface area is 149 Å². The zero-order valence-electron chi connectivity index (χ0n) is 14.0. The Morgan fingerprint density at radius 2 is 2.04 bits per heavy atom. The van der Waals surface area contributed by atoms with Gasteiger partial charge in [-0.25, -0.2) is 0 Å². The molecule has 24 heavy (non-hydrogen) atoms. The first-order chi connectivity index (χ1) is 11.3. The summed E-state index contributed by atoms with van der Waals surface area (Å²) in [7, 11) is 0. The number of hydrogen-bond acceptors (Lipinski definition) is 3. The molecule has 1 aliphatic rings. The molecule has 1 aliphatic heterocycles. The number of benzene rings is 1. The fourth-order valence-electron chi connectivity index (χ4n) is 2.94. The molecule has 0 aliphatic carbocycles. The average molecular weight is 349 g/mol. The first-order valence-electron chi connectivity index (χ1n) is 8.44. The minimum absolute atomic E-state index is 0. The largest absolute Gasteiger partial charge is 0.451 e. The smallest absolute Gasteiger partial charge is 0.287 e. The summed E-state index contributed by atoms with van der Waals surface area (Å²) in [6.45, 7) is 4.90. The molecule has 0 bridgehead atoms. The van der Waals surface area contributed by atoms with Crippen LogP contribution in [0.15, 0.2) is 40.8 Å². The van der Waals surface area contributed by atoms with E-state index >= 15 is 0 Å². The zero-order chi connectivity index (χ0) is 16.1. The molecule has 1 saturated heterocycles. The standard InChI is InChI=1S/C19H24N2O2.ClH/c1-2-14-5-7-16(8-6-14)17-9-10-18(23-17)19(22)21-13-15-4-3-11-20-12-15;/h5-10,15,20H,2-4,11-13H2,1H3,(H,21,22);1H. The number of furan rings is 1. The molecule has 0 spiro atoms. The Kier molecular flexibility index (Phi) is 6.88. The Hall–Kier alpha value is -1.78. The molecule has 2 N–H and O–H groups in total. The number of aryl methyl sites for hydroxylation is 1. The van der Waals surface area contributed by atoms with Crippen molar-refractivity contribution >= 4 is 18.3 Å². The van der Waals surface area contributed by atoms with E-state index in [-0.39, 0.29) is 18.3 Å². The first-order valence-corrected chi connectivity index (χ1v) is 8.44. The van der Waals surface area contributed by atoms with Crippen molar-refractivity contribution < 1.29 is 9.21 Å². The lowest BCUT2D eigenvalue weighted by Crippen LogP contribution is -2.38. The van der Waals surface area contributed by atoms with Gasteiger partial charge in [-0.2, -0.15) is 0 Å². The summed E-state index contributed by atoms with van der Waals surface area (Å²) in [6.07, 6.45) is 3.36. The summed E-state index contributed by atoms with van der Waals surface area (Å²) in [5.41, 5.74) is 2.29. The van der Waals surface area contributed by atoms with E-state index in [1.807, 2.05) is 18.2 Å². The average Bonchev–Trinajstić information content (AvgIpc) is 3.11. The number of carbonyl (C=O) groups is 1. The number of hydrogen-bond donors (Lipinski definition) is 2. The Morgan fingerprint density at radius 1 is 1.25 bits per heavy atom. The van der Waals surface area contributed by atoms with Crippen LogP contribution in [0.4, 0.5) is 0 Å². The van der Waals surface area contributed by atoms with Crippen molar-refractivity contribution in [1.29, 1.82) is 0 Å². The van der Waals surface area contributed by atoms with Crippen LogP contribution in [-0.4, -0.2) is 25.5 Å². The van der Waals surface area contributed by atoms with E-state index in [0.29, 0.717) is 18.2 Å². The van der Waals surface area contributed by atoms with Gasteiger partial charge in [0.1, 0.15) is 5.76 Å². The minimum atomic E-state index is -0.132. The lowest BCUT2D eigenvalue weighted by molar-refractivity contribution is 0.0918. The Bertz CT molecular complexity index is 646. The second-order valence-electron chi connectivity index (χ2n) is 6.14. The molecular formula is C19H25ClN2O2. The van der Waals surface area contributed by atoms with Crippen molar-refractivity contribution in [3.63, 3.8) is 0 Å². The molecule has 3 rings (SSSR count). The molecule has 1 unspecified atom stereocenters. The molecule has 1 aromatic carbocycles. The molecule has 5 heteroatoms. The number of halogens is 1. The van der Waals surface area contributed by atoms with Gasteiger partial charge in [-0.1, -0.05) is 31.2 Å². The van der Waals surface area contributed by atoms with Crippen LogP contribution in [-0.2, 0) is 6.42 Å². The molecule has 1 amide bonds. The Balaban J connectivity index is 0.00000208. The van der Waals surface area contributed by atoms with Crippen molar-refractivity contribution in [2.75, 3.05) is 19.6 Å². The highest BCUT2D eigenvalue weighted by atomic mass is 35.5. The lowest BCUT2D eigenvalue weighted by atomic mass is 10.00. The molecule has 4 nitrogen and oxygen atoms in total. The number of carbonyl (C=O) groups excluding carboxylic acids is 1. The minimum Gasteiger partial charge on any atom is -0.451 e. The predicted molar refractivity (Wildman–Crippen MR) is 98.7 cm³/mol. The normalized spacial score (nSPS) is 17.1. The van der Waals surface area contributed by atoms with Gasteiger partial charge in [0.2, 0.25) is 0 Å². The van der Waals surface area contributed by atoms with E-state index in [0.717, 1.165) is 30.8 Å². The van der Waals surface area contributed by atoms with E-state index in [1.54, 1.807) is 6.07 Å². The van der Waals surface area contributed by atoms with Crippen molar-refractivity contribution in [1.82, 2.24) is 10.6 Å². The third-order valence-electron chi connectivity index (χ3n) is 4.43. The van der Waals surface area contributed by atoms with Crippen LogP contribution >= 0.6 is 12.4 Å². The first kappa shape index (κ1) is 18.6. The van der Waals surface area contributed by atoms with Crippen LogP contribution in [0.2, 0.25) is 0 Å². The van der Waals surface area contributed by atoms with Gasteiger partial charge in [0, 0.05) is 12.1 Å². The monoisotopic (exact) mass is 348 g/mol. The summed E-state index contributed by atoms with van der Waals surface area (Å²) < 4.78 is 5.72. The quantitative estimate of drug-likeness (QED) is 0.867. The lowest BCUT2D eigenvalue weighted by Gasteiger charge is -2.22. The molecular weight excluding hydrogens is 324 g/mol. The highest BCUT2D eigenvalue weighted by Gasteiger charge is 2.16. The van der Waals surface area contributed by atoms with Crippen LogP contribution in [0.25, 0.3) is 11.3 Å². The van der Waals surface area contributed by atoms with Gasteiger partial charge in [0.25, 0.3) is 5.91 Å². The van der Waals surface area contributed by atoms with Crippen LogP contribution in [0, 0.1) is 5.92 Å². The van der Waals surface area contributed by atoms with E-state index < -0.39 is 0 Å². The third-order valence-corrected chi connectivity index (χ3v) is 4.43. The molecule has 1 atom stereocenters. The van der Waals surface area contributed by atoms with Crippen LogP contribution in [0.1, 0.15) is 35.9 Å². The SMILES string of the molecule is CCc1ccc(-c2ccc(C(=O)NCC3CCCNC3)o2)cc1.Cl. The van der Waals surface area contributed by atoms with Crippen molar-refractivity contribution in [3.8, 4) is 11.3 Å². The second-order valence-corrected chi connectivity index (χ2v) is 6.14. The van der Waals surface area contributed by atoms with Crippen LogP contribution in [0.5, 0.6) is 0 Å². The van der Waals surface area contributed by atoms with Crippen LogP contribution < -0.4 is 10.6 Å². The third kappa shape index (κ3) is 4.62. The molecule has 1 fully saturated rings. The van der Waals surface area contributed by atoms with Gasteiger partial charge in [-0.3, -0.25) is 4.79 Å². The van der Waals surface area contributed by atoms with Gasteiger partial charge >= 0.3 is 0 Å². The maximum Gasteiger partial charge on any atom is 0.287 e. The number of amides is 1. The van der Waals surface area contributed by atoms with Gasteiger partial charge in [0.15, 0.2) is 5.76 Å². The zero-order valence-corrected chi connectivity index (χ0v) is 14.8. The highest BCUT2D eigenvalue weighted by Crippen LogP contribution is 2.23. The van der Waals surface area contributed by atoms with Gasteiger partial charge in [0.05, 0.1) is 0 Å². The van der Waals surface area contributed by atoms with E-state index in [2.05, 4.69) is 29.7 Å². The van der Waals surface area contributed by atoms with Crippen LogP contribution in [0.3, 0.4) is 0 Å². The highest BCUT2D eigenvalue weighted by molar-refractivity contribution is 5.92. The molecule has 0 radical (unpaired) electrons. The summed E-state index contributed by atoms with van der Waals surface area (Å²) in [5.74, 6) is 1.50. The summed E-state index contributed by atoms with van der Waals surface area (Å²) in [5, 5.41) is 6.34. The molecule has 1 aromatic heterocycles. The van der Waals surface area contributed by atoms with Gasteiger partial charge < -0.3 is 15.1 Å². The Morgan fingerprint density at radius 3 is 2.71 bits per heavy atom. The van der Waals surface area contributed by atoms with Gasteiger partial charge in [-0.15, -0.1) is 12.4 Å². The van der Waals surface area contributed by atoms with E-state index in [4.69, 9.17) is 4.42 Å². The summed E-state index contributed by atoms with van der Waals surface area (Å²) in [4.78, 5) is 12.2. The van der Waals surface area contributed by atoms with Crippen molar-refractivity contribution in [2.24, 2.45) is 5.92 Å². The predicted octanol–water partition coefficient (Wildman–Crippen LogP) is 3.66. The number of nitrogens with one attached hydrogen (secondary N) is 2. The topological polar surface area (TPSA) is 54.3 Å². The molecule has 2 heterocycles. The van der Waals surface area contributed by atoms with E-state index in [1.165, 1.54) is 18.4 Å². The second kappa shape index (κ2) is 8.90.